The van der Waals surface area contributed by atoms with Crippen molar-refractivity contribution in [3.8, 4) is 5.75 Å². The van der Waals surface area contributed by atoms with Gasteiger partial charge in [-0.1, -0.05) is 24.3 Å². The molecule has 4 heteroatoms. The van der Waals surface area contributed by atoms with Crippen molar-refractivity contribution in [1.29, 1.82) is 0 Å². The normalized spacial score (nSPS) is 19.4. The Bertz CT molecular complexity index is 654. The molecule has 20 heavy (non-hydrogen) atoms. The van der Waals surface area contributed by atoms with Crippen LogP contribution in [0.25, 0.3) is 10.8 Å². The molecule has 0 radical (unpaired) electrons. The van der Waals surface area contributed by atoms with Crippen molar-refractivity contribution in [2.45, 2.75) is 12.5 Å². The highest BCUT2D eigenvalue weighted by Crippen LogP contribution is 2.25. The number of carbonyl (C=O) groups is 1. The number of amides is 1. The number of nitrogens with one attached hydrogen (secondary N) is 1. The second-order valence-electron chi connectivity index (χ2n) is 5.44. The monoisotopic (exact) mass is 270 g/mol. The molecule has 104 valence electrons. The van der Waals surface area contributed by atoms with Crippen molar-refractivity contribution in [1.82, 2.24) is 10.2 Å². The van der Waals surface area contributed by atoms with Gasteiger partial charge in [0.15, 0.2) is 0 Å². The van der Waals surface area contributed by atoms with Gasteiger partial charge < -0.3 is 15.3 Å². The first-order valence-electron chi connectivity index (χ1n) is 6.84. The molecule has 1 heterocycles. The molecule has 1 amide bonds. The molecule has 1 saturated heterocycles. The summed E-state index contributed by atoms with van der Waals surface area (Å²) in [5.41, 5.74) is 0.346. The predicted molar refractivity (Wildman–Crippen MR) is 79.0 cm³/mol. The van der Waals surface area contributed by atoms with E-state index in [1.54, 1.807) is 12.1 Å². The lowest BCUT2D eigenvalue weighted by Crippen LogP contribution is -2.36. The van der Waals surface area contributed by atoms with Crippen molar-refractivity contribution in [3.63, 3.8) is 0 Å². The number of carbonyl (C=O) groups excluding carboxylic acids is 1. The van der Waals surface area contributed by atoms with E-state index in [0.717, 1.165) is 30.3 Å². The molecular weight excluding hydrogens is 252 g/mol. The first-order chi connectivity index (χ1) is 9.63. The maximum Gasteiger partial charge on any atom is 0.255 e. The summed E-state index contributed by atoms with van der Waals surface area (Å²) in [6.07, 6.45) is 0.955. The number of hydrogen-bond acceptors (Lipinski definition) is 3. The third-order valence-corrected chi connectivity index (χ3v) is 3.84. The summed E-state index contributed by atoms with van der Waals surface area (Å²) in [4.78, 5) is 14.5. The summed E-state index contributed by atoms with van der Waals surface area (Å²) >= 11 is 0. The van der Waals surface area contributed by atoms with Crippen LogP contribution in [0.1, 0.15) is 16.8 Å². The average molecular weight is 270 g/mol. The van der Waals surface area contributed by atoms with E-state index in [9.17, 15) is 9.90 Å². The third kappa shape index (κ3) is 2.47. The fraction of sp³-hybridized carbons (Fsp3) is 0.312. The standard InChI is InChI=1S/C16H18N2O2/c1-18-7-6-13(10-18)17-16(20)14-8-11-4-2-3-5-12(11)9-15(14)19/h2-5,8-9,13,19H,6-7,10H2,1H3,(H,17,20). The molecule has 1 aliphatic heterocycles. The number of phenolic OH excluding ortho intramolecular Hbond substituents is 1. The van der Waals surface area contributed by atoms with Gasteiger partial charge in [0.2, 0.25) is 0 Å². The highest BCUT2D eigenvalue weighted by atomic mass is 16.3. The second-order valence-corrected chi connectivity index (χ2v) is 5.44. The fourth-order valence-electron chi connectivity index (χ4n) is 2.73. The Labute approximate surface area is 118 Å². The minimum Gasteiger partial charge on any atom is -0.507 e. The lowest BCUT2D eigenvalue weighted by molar-refractivity contribution is 0.0936. The van der Waals surface area contributed by atoms with Crippen LogP contribution in [-0.4, -0.2) is 42.1 Å². The molecule has 0 aromatic heterocycles. The minimum atomic E-state index is -0.200. The number of fused-ring (bicyclic) bond motifs is 1. The molecule has 3 rings (SSSR count). The van der Waals surface area contributed by atoms with Crippen molar-refractivity contribution in [3.05, 3.63) is 42.0 Å². The first kappa shape index (κ1) is 12.9. The van der Waals surface area contributed by atoms with Gasteiger partial charge in [-0.2, -0.15) is 0 Å². The minimum absolute atomic E-state index is 0.0348. The number of hydrogen-bond donors (Lipinski definition) is 2. The van der Waals surface area contributed by atoms with E-state index < -0.39 is 0 Å². The summed E-state index contributed by atoms with van der Waals surface area (Å²) in [5, 5.41) is 14.9. The van der Waals surface area contributed by atoms with E-state index in [1.165, 1.54) is 0 Å². The van der Waals surface area contributed by atoms with Crippen LogP contribution in [0.2, 0.25) is 0 Å². The van der Waals surface area contributed by atoms with Gasteiger partial charge in [-0.05, 0) is 42.9 Å². The van der Waals surface area contributed by atoms with Gasteiger partial charge in [-0.3, -0.25) is 4.79 Å². The van der Waals surface area contributed by atoms with Gasteiger partial charge in [0.25, 0.3) is 5.91 Å². The highest BCUT2D eigenvalue weighted by molar-refractivity contribution is 6.01. The summed E-state index contributed by atoms with van der Waals surface area (Å²) < 4.78 is 0. The van der Waals surface area contributed by atoms with Crippen LogP contribution in [0.3, 0.4) is 0 Å². The molecule has 0 saturated carbocycles. The van der Waals surface area contributed by atoms with Crippen LogP contribution in [0, 0.1) is 0 Å². The van der Waals surface area contributed by atoms with E-state index >= 15 is 0 Å². The number of phenols is 1. The lowest BCUT2D eigenvalue weighted by atomic mass is 10.0. The Kier molecular flexibility index (Phi) is 3.32. The van der Waals surface area contributed by atoms with Gasteiger partial charge in [0.05, 0.1) is 5.56 Å². The lowest BCUT2D eigenvalue weighted by Gasteiger charge is -2.14. The van der Waals surface area contributed by atoms with Gasteiger partial charge in [0, 0.05) is 12.6 Å². The molecule has 0 aliphatic carbocycles. The molecule has 2 aromatic rings. The van der Waals surface area contributed by atoms with Gasteiger partial charge in [-0.15, -0.1) is 0 Å². The SMILES string of the molecule is CN1CCC(NC(=O)c2cc3ccccc3cc2O)C1. The number of benzene rings is 2. The first-order valence-corrected chi connectivity index (χ1v) is 6.84. The predicted octanol–water partition coefficient (Wildman–Crippen LogP) is 1.98. The topological polar surface area (TPSA) is 52.6 Å². The smallest absolute Gasteiger partial charge is 0.255 e. The van der Waals surface area contributed by atoms with E-state index in [1.807, 2.05) is 31.3 Å². The number of rotatable bonds is 2. The zero-order chi connectivity index (χ0) is 14.1. The number of likely N-dealkylation sites (N-methyl/N-ethyl adjacent to an activating group) is 1. The van der Waals surface area contributed by atoms with Gasteiger partial charge >= 0.3 is 0 Å². The van der Waals surface area contributed by atoms with Crippen LogP contribution in [-0.2, 0) is 0 Å². The van der Waals surface area contributed by atoms with Crippen LogP contribution < -0.4 is 5.32 Å². The molecule has 0 spiro atoms. The maximum absolute atomic E-state index is 12.3. The summed E-state index contributed by atoms with van der Waals surface area (Å²) in [6, 6.07) is 11.3. The average Bonchev–Trinajstić information content (AvgIpc) is 2.83. The zero-order valence-electron chi connectivity index (χ0n) is 11.5. The molecule has 2 N–H and O–H groups in total. The zero-order valence-corrected chi connectivity index (χ0v) is 11.5. The van der Waals surface area contributed by atoms with Crippen molar-refractivity contribution >= 4 is 16.7 Å². The van der Waals surface area contributed by atoms with Gasteiger partial charge in [-0.25, -0.2) is 0 Å². The van der Waals surface area contributed by atoms with E-state index in [2.05, 4.69) is 10.2 Å². The molecule has 0 bridgehead atoms. The number of likely N-dealkylation sites (tertiary alicyclic amines) is 1. The summed E-state index contributed by atoms with van der Waals surface area (Å²) in [5.74, 6) is -0.166. The Morgan fingerprint density at radius 2 is 2.00 bits per heavy atom. The van der Waals surface area contributed by atoms with Crippen LogP contribution in [0.15, 0.2) is 36.4 Å². The van der Waals surface area contributed by atoms with Gasteiger partial charge in [0.1, 0.15) is 5.75 Å². The number of aromatic hydroxyl groups is 1. The third-order valence-electron chi connectivity index (χ3n) is 3.84. The maximum atomic E-state index is 12.3. The molecule has 1 atom stereocenters. The molecule has 4 nitrogen and oxygen atoms in total. The van der Waals surface area contributed by atoms with E-state index in [4.69, 9.17) is 0 Å². The Balaban J connectivity index is 1.85. The molecule has 2 aromatic carbocycles. The van der Waals surface area contributed by atoms with E-state index in [-0.39, 0.29) is 17.7 Å². The van der Waals surface area contributed by atoms with Crippen molar-refractivity contribution < 1.29 is 9.90 Å². The molecule has 1 aliphatic rings. The van der Waals surface area contributed by atoms with Crippen LogP contribution >= 0.6 is 0 Å². The van der Waals surface area contributed by atoms with Crippen molar-refractivity contribution in [2.24, 2.45) is 0 Å². The number of nitrogens with zero attached hydrogens (tertiary/aromatic N) is 1. The van der Waals surface area contributed by atoms with Crippen molar-refractivity contribution in [2.75, 3.05) is 20.1 Å². The van der Waals surface area contributed by atoms with Crippen LogP contribution in [0.4, 0.5) is 0 Å². The fourth-order valence-corrected chi connectivity index (χ4v) is 2.73. The Hall–Kier alpha value is -2.07. The molecule has 1 unspecified atom stereocenters. The molecular formula is C16H18N2O2. The quantitative estimate of drug-likeness (QED) is 0.877. The molecule has 1 fully saturated rings. The summed E-state index contributed by atoms with van der Waals surface area (Å²) in [7, 11) is 2.04. The largest absolute Gasteiger partial charge is 0.507 e. The highest BCUT2D eigenvalue weighted by Gasteiger charge is 2.22. The van der Waals surface area contributed by atoms with Crippen LogP contribution in [0.5, 0.6) is 5.75 Å². The Morgan fingerprint density at radius 1 is 1.30 bits per heavy atom. The summed E-state index contributed by atoms with van der Waals surface area (Å²) in [6.45, 7) is 1.86. The Morgan fingerprint density at radius 3 is 2.65 bits per heavy atom. The second kappa shape index (κ2) is 5.13. The van der Waals surface area contributed by atoms with E-state index in [0.29, 0.717) is 5.56 Å².